The second-order valence-electron chi connectivity index (χ2n) is 9.53. The van der Waals surface area contributed by atoms with Crippen molar-refractivity contribution in [2.75, 3.05) is 6.61 Å². The fraction of sp³-hybridized carbons (Fsp3) is 0.760. The molecule has 5 nitrogen and oxygen atoms in total. The number of esters is 1. The Morgan fingerprint density at radius 3 is 2.30 bits per heavy atom. The molecule has 0 aromatic carbocycles. The maximum absolute atomic E-state index is 10.3. The van der Waals surface area contributed by atoms with Gasteiger partial charge in [-0.1, -0.05) is 52.3 Å². The number of carbonyl (C=O) groups is 2. The van der Waals surface area contributed by atoms with E-state index in [2.05, 4.69) is 43.7 Å². The standard InChI is InChI=1S/C14H22.C6H12O2.C5H8O3/c1-4-13-11(3)6-7-12-9-10(2)5-8-14(12)13;1-4-6(2,3)5(7)8;6-4-1-2-8-5(7)3-4/h6-7,9-11,13-14H,4-5,8H2,1-3H3;4H2,1-3H3,(H,7,8);4,6H,1-3H2/t10-,11?,13+,14?;;/m1../s1. The van der Waals surface area contributed by atoms with Crippen molar-refractivity contribution < 1.29 is 24.5 Å². The number of rotatable bonds is 3. The molecule has 5 atom stereocenters. The van der Waals surface area contributed by atoms with E-state index in [-0.39, 0.29) is 12.4 Å². The van der Waals surface area contributed by atoms with Crippen LogP contribution in [0.2, 0.25) is 0 Å². The third-order valence-electron chi connectivity index (χ3n) is 6.67. The molecular weight excluding hydrogens is 380 g/mol. The molecule has 0 radical (unpaired) electrons. The molecule has 172 valence electrons. The van der Waals surface area contributed by atoms with Crippen LogP contribution in [0.25, 0.3) is 0 Å². The van der Waals surface area contributed by atoms with Crippen LogP contribution in [0.15, 0.2) is 23.8 Å². The number of carbonyl (C=O) groups excluding carboxylic acids is 1. The molecule has 1 aliphatic heterocycles. The molecule has 1 heterocycles. The summed E-state index contributed by atoms with van der Waals surface area (Å²) in [5.74, 6) is 2.35. The summed E-state index contributed by atoms with van der Waals surface area (Å²) < 4.78 is 4.55. The molecule has 3 rings (SSSR count). The zero-order valence-electron chi connectivity index (χ0n) is 19.7. The highest BCUT2D eigenvalue weighted by Gasteiger charge is 2.31. The van der Waals surface area contributed by atoms with E-state index in [9.17, 15) is 9.59 Å². The molecule has 0 aromatic rings. The molecular formula is C25H42O5. The number of cyclic esters (lactones) is 1. The van der Waals surface area contributed by atoms with Gasteiger partial charge in [0.1, 0.15) is 0 Å². The Bertz CT molecular complexity index is 619. The monoisotopic (exact) mass is 422 g/mol. The summed E-state index contributed by atoms with van der Waals surface area (Å²) in [6.07, 6.45) is 12.4. The van der Waals surface area contributed by atoms with Crippen molar-refractivity contribution in [3.63, 3.8) is 0 Å². The average molecular weight is 423 g/mol. The van der Waals surface area contributed by atoms with Crippen LogP contribution >= 0.6 is 0 Å². The summed E-state index contributed by atoms with van der Waals surface area (Å²) in [5.41, 5.74) is 1.09. The van der Waals surface area contributed by atoms with Crippen LogP contribution in [0.5, 0.6) is 0 Å². The number of carboxylic acids is 1. The number of ether oxygens (including phenoxy) is 1. The summed E-state index contributed by atoms with van der Waals surface area (Å²) in [4.78, 5) is 20.5. The Kier molecular flexibility index (Phi) is 10.8. The van der Waals surface area contributed by atoms with Gasteiger partial charge < -0.3 is 14.9 Å². The molecule has 0 spiro atoms. The fourth-order valence-corrected chi connectivity index (χ4v) is 4.03. The van der Waals surface area contributed by atoms with E-state index in [1.165, 1.54) is 19.3 Å². The smallest absolute Gasteiger partial charge is 0.309 e. The van der Waals surface area contributed by atoms with Gasteiger partial charge in [0.25, 0.3) is 0 Å². The molecule has 1 fully saturated rings. The largest absolute Gasteiger partial charge is 0.481 e. The zero-order chi connectivity index (χ0) is 22.9. The zero-order valence-corrected chi connectivity index (χ0v) is 19.7. The summed E-state index contributed by atoms with van der Waals surface area (Å²) in [6, 6.07) is 0. The number of aliphatic hydroxyl groups is 1. The Morgan fingerprint density at radius 2 is 1.87 bits per heavy atom. The van der Waals surface area contributed by atoms with Crippen molar-refractivity contribution in [3.8, 4) is 0 Å². The first-order valence-corrected chi connectivity index (χ1v) is 11.5. The van der Waals surface area contributed by atoms with Gasteiger partial charge in [-0.2, -0.15) is 0 Å². The highest BCUT2D eigenvalue weighted by molar-refractivity contribution is 5.73. The molecule has 0 aromatic heterocycles. The van der Waals surface area contributed by atoms with Crippen LogP contribution in [0, 0.1) is 29.1 Å². The van der Waals surface area contributed by atoms with E-state index in [1.54, 1.807) is 19.4 Å². The minimum atomic E-state index is -0.722. The third-order valence-corrected chi connectivity index (χ3v) is 6.67. The van der Waals surface area contributed by atoms with Gasteiger partial charge in [-0.3, -0.25) is 9.59 Å². The van der Waals surface area contributed by atoms with Crippen LogP contribution in [-0.4, -0.2) is 34.9 Å². The molecule has 0 amide bonds. The number of fused-ring (bicyclic) bond motifs is 1. The van der Waals surface area contributed by atoms with Gasteiger partial charge >= 0.3 is 11.9 Å². The maximum Gasteiger partial charge on any atom is 0.309 e. The van der Waals surface area contributed by atoms with Crippen LogP contribution in [0.1, 0.15) is 80.1 Å². The van der Waals surface area contributed by atoms with Gasteiger partial charge in [0.2, 0.25) is 0 Å². The van der Waals surface area contributed by atoms with Crippen molar-refractivity contribution in [1.82, 2.24) is 0 Å². The maximum atomic E-state index is 10.3. The summed E-state index contributed by atoms with van der Waals surface area (Å²) in [5, 5.41) is 17.2. The molecule has 30 heavy (non-hydrogen) atoms. The lowest BCUT2D eigenvalue weighted by Gasteiger charge is -2.38. The van der Waals surface area contributed by atoms with Crippen molar-refractivity contribution in [1.29, 1.82) is 0 Å². The first-order chi connectivity index (χ1) is 14.0. The average Bonchev–Trinajstić information content (AvgIpc) is 2.69. The normalized spacial score (nSPS) is 30.4. The molecule has 1 saturated heterocycles. The van der Waals surface area contributed by atoms with Gasteiger partial charge in [0, 0.05) is 6.42 Å². The number of aliphatic carboxylic acids is 1. The van der Waals surface area contributed by atoms with E-state index in [0.29, 0.717) is 19.4 Å². The molecule has 0 bridgehead atoms. The quantitative estimate of drug-likeness (QED) is 0.596. The van der Waals surface area contributed by atoms with Gasteiger partial charge in [-0.15, -0.1) is 0 Å². The first-order valence-electron chi connectivity index (χ1n) is 11.5. The molecule has 3 aliphatic rings. The van der Waals surface area contributed by atoms with E-state index in [1.807, 2.05) is 6.92 Å². The summed E-state index contributed by atoms with van der Waals surface area (Å²) in [6.45, 7) is 12.7. The lowest BCUT2D eigenvalue weighted by Crippen LogP contribution is -2.27. The van der Waals surface area contributed by atoms with Crippen molar-refractivity contribution in [2.24, 2.45) is 29.1 Å². The SMILES string of the molecule is CCC(C)(C)C(=O)O.CC[C@H]1C(C)C=CC2=C[C@H](C)CCC21.O=C1CC(O)CCO1. The van der Waals surface area contributed by atoms with Crippen LogP contribution in [-0.2, 0) is 14.3 Å². The first kappa shape index (κ1) is 26.4. The van der Waals surface area contributed by atoms with Crippen LogP contribution in [0.4, 0.5) is 0 Å². The molecule has 5 heteroatoms. The summed E-state index contributed by atoms with van der Waals surface area (Å²) in [7, 11) is 0. The predicted octanol–water partition coefficient (Wildman–Crippen LogP) is 5.38. The molecule has 0 saturated carbocycles. The molecule has 2 aliphatic carbocycles. The highest BCUT2D eigenvalue weighted by atomic mass is 16.5. The van der Waals surface area contributed by atoms with Crippen molar-refractivity contribution in [2.45, 2.75) is 86.2 Å². The van der Waals surface area contributed by atoms with Gasteiger partial charge in [0.05, 0.1) is 24.5 Å². The Hall–Kier alpha value is -1.62. The van der Waals surface area contributed by atoms with Gasteiger partial charge in [-0.05, 0) is 62.4 Å². The number of aliphatic hydroxyl groups excluding tert-OH is 1. The van der Waals surface area contributed by atoms with E-state index < -0.39 is 17.5 Å². The Morgan fingerprint density at radius 1 is 1.20 bits per heavy atom. The topological polar surface area (TPSA) is 83.8 Å². The fourth-order valence-electron chi connectivity index (χ4n) is 4.03. The Labute approximate surface area is 182 Å². The van der Waals surface area contributed by atoms with E-state index >= 15 is 0 Å². The number of hydrogen-bond donors (Lipinski definition) is 2. The number of allylic oxidation sites excluding steroid dienone is 4. The van der Waals surface area contributed by atoms with Crippen LogP contribution < -0.4 is 0 Å². The van der Waals surface area contributed by atoms with E-state index in [0.717, 1.165) is 23.7 Å². The van der Waals surface area contributed by atoms with Gasteiger partial charge in [-0.25, -0.2) is 0 Å². The predicted molar refractivity (Wildman–Crippen MR) is 120 cm³/mol. The third kappa shape index (κ3) is 8.25. The summed E-state index contributed by atoms with van der Waals surface area (Å²) >= 11 is 0. The van der Waals surface area contributed by atoms with Crippen molar-refractivity contribution >= 4 is 11.9 Å². The van der Waals surface area contributed by atoms with E-state index in [4.69, 9.17) is 10.2 Å². The second kappa shape index (κ2) is 12.3. The number of hydrogen-bond acceptors (Lipinski definition) is 4. The molecule has 3 unspecified atom stereocenters. The lowest BCUT2D eigenvalue weighted by atomic mass is 9.67. The number of carboxylic acid groups (broad SMARTS) is 1. The minimum Gasteiger partial charge on any atom is -0.481 e. The minimum absolute atomic E-state index is 0.167. The van der Waals surface area contributed by atoms with Gasteiger partial charge in [0.15, 0.2) is 0 Å². The Balaban J connectivity index is 0.000000243. The lowest BCUT2D eigenvalue weighted by molar-refractivity contribution is -0.151. The highest BCUT2D eigenvalue weighted by Crippen LogP contribution is 2.42. The molecule has 2 N–H and O–H groups in total. The van der Waals surface area contributed by atoms with Crippen LogP contribution in [0.3, 0.4) is 0 Å². The second-order valence-corrected chi connectivity index (χ2v) is 9.53. The van der Waals surface area contributed by atoms with Crippen molar-refractivity contribution in [3.05, 3.63) is 23.8 Å².